The zero-order valence-electron chi connectivity index (χ0n) is 27.4. The van der Waals surface area contributed by atoms with E-state index in [-0.39, 0.29) is 46.7 Å². The van der Waals surface area contributed by atoms with Gasteiger partial charge in [-0.2, -0.15) is 15.3 Å². The Morgan fingerprint density at radius 1 is 0.780 bits per heavy atom. The fraction of sp³-hybridized carbons (Fsp3) is 0.200. The van der Waals surface area contributed by atoms with Gasteiger partial charge in [0.15, 0.2) is 34.8 Å². The Hall–Kier alpha value is -6.40. The van der Waals surface area contributed by atoms with Gasteiger partial charge < -0.3 is 31.1 Å². The van der Waals surface area contributed by atoms with Gasteiger partial charge in [0.2, 0.25) is 0 Å². The van der Waals surface area contributed by atoms with Crippen LogP contribution in [0.25, 0.3) is 33.1 Å². The molecule has 8 N–H and O–H groups in total. The maximum atomic E-state index is 10.6. The SMILES string of the molecule is CN(C)c1n[nH]c2ncc(N)cc12.CN(C)c1n[nH]c2ncc([N+](=O)[O-])cc12.COC(=CO)[N+](=O)[O-].Nc1[nH]nc2ncc([N+](=O)[O-])cc12.[Na+]. The third-order valence-electron chi connectivity index (χ3n) is 5.99. The topological polar surface area (TPSA) is 342 Å². The minimum atomic E-state index is -0.833. The first-order chi connectivity index (χ1) is 23.2. The average Bonchev–Trinajstić information content (AvgIpc) is 3.78. The molecule has 24 nitrogen and oxygen atoms in total. The summed E-state index contributed by atoms with van der Waals surface area (Å²) in [5, 5.41) is 60.5. The molecule has 6 heterocycles. The van der Waals surface area contributed by atoms with E-state index in [9.17, 15) is 30.3 Å². The van der Waals surface area contributed by atoms with Crippen molar-refractivity contribution in [1.82, 2.24) is 45.5 Å². The number of nitro groups is 3. The number of aliphatic hydroxyl groups excluding tert-OH is 1. The van der Waals surface area contributed by atoms with Crippen LogP contribution < -0.4 is 50.8 Å². The number of nitrogens with zero attached hydrogens (tertiary/aromatic N) is 11. The first-order valence-electron chi connectivity index (χ1n) is 13.4. The monoisotopic (exact) mass is 705 g/mol. The predicted molar refractivity (Wildman–Crippen MR) is 177 cm³/mol. The molecule has 6 aromatic heterocycles. The summed E-state index contributed by atoms with van der Waals surface area (Å²) in [5.74, 6) is 1.12. The molecule has 258 valence electrons. The number of pyridine rings is 3. The minimum absolute atomic E-state index is 0. The minimum Gasteiger partial charge on any atom is -0.506 e. The second kappa shape index (κ2) is 17.7. The van der Waals surface area contributed by atoms with Gasteiger partial charge in [-0.15, -0.1) is 0 Å². The second-order valence-corrected chi connectivity index (χ2v) is 9.78. The number of aromatic amines is 3. The molecule has 0 spiro atoms. The molecule has 0 unspecified atom stereocenters. The third-order valence-corrected chi connectivity index (χ3v) is 5.99. The van der Waals surface area contributed by atoms with Crippen LogP contribution in [0.5, 0.6) is 0 Å². The van der Waals surface area contributed by atoms with E-state index >= 15 is 0 Å². The zero-order chi connectivity index (χ0) is 36.4. The Kier molecular flexibility index (Phi) is 14.1. The quantitative estimate of drug-likeness (QED) is 0.0537. The van der Waals surface area contributed by atoms with E-state index in [1.54, 1.807) is 11.1 Å². The molecule has 0 saturated carbocycles. The number of nitrogens with one attached hydrogen (secondary N) is 3. The van der Waals surface area contributed by atoms with Crippen LogP contribution in [0.15, 0.2) is 48.9 Å². The molecule has 0 atom stereocenters. The summed E-state index contributed by atoms with van der Waals surface area (Å²) in [4.78, 5) is 44.2. The molecule has 50 heavy (non-hydrogen) atoms. The summed E-state index contributed by atoms with van der Waals surface area (Å²) >= 11 is 0. The van der Waals surface area contributed by atoms with Gasteiger partial charge in [0, 0.05) is 40.3 Å². The summed E-state index contributed by atoms with van der Waals surface area (Å²) < 4.78 is 4.07. The van der Waals surface area contributed by atoms with Crippen molar-refractivity contribution in [2.24, 2.45) is 0 Å². The molecule has 0 aromatic carbocycles. The molecular formula is C25H30N16NaO8+. The standard InChI is InChI=1S/C8H9N5O2.C8H11N5.C6H5N5O2.C3H5NO4.Na/c1-12(2)8-6-3-5(13(14)15)4-9-7(6)10-11-8;1-13(2)8-6-3-5(9)4-10-7(6)11-12-8;7-5-4-1-3(11(12)13)2-8-6(4)10-9-5;1-8-3(2-5)4(6)7;/h3-4H,1-2H3,(H,9,10,11);3-4H,9H2,1-2H3,(H,10,11,12);1-2H,(H3,7,8,9,10);2,5H,1H3;/q;;;;+1. The Morgan fingerprint density at radius 3 is 1.70 bits per heavy atom. The predicted octanol–water partition coefficient (Wildman–Crippen LogP) is -0.743. The van der Waals surface area contributed by atoms with Gasteiger partial charge >= 0.3 is 35.4 Å². The Balaban J connectivity index is 0.000000235. The molecule has 0 aliphatic rings. The van der Waals surface area contributed by atoms with Gasteiger partial charge in [-0.05, 0) is 6.07 Å². The van der Waals surface area contributed by atoms with E-state index in [2.05, 4.69) is 50.3 Å². The molecule has 0 bridgehead atoms. The Labute approximate surface area is 302 Å². The fourth-order valence-corrected chi connectivity index (χ4v) is 3.75. The number of nitrogens with two attached hydrogens (primary N) is 2. The number of fused-ring (bicyclic) bond motifs is 3. The van der Waals surface area contributed by atoms with Crippen molar-refractivity contribution in [1.29, 1.82) is 0 Å². The number of H-pyrrole nitrogens is 3. The van der Waals surface area contributed by atoms with E-state index in [4.69, 9.17) is 16.6 Å². The number of hydrogen-bond acceptors (Lipinski definition) is 18. The number of aromatic nitrogens is 9. The van der Waals surface area contributed by atoms with Crippen LogP contribution in [-0.4, -0.2) is 101 Å². The molecule has 0 aliphatic carbocycles. The molecule has 0 amide bonds. The van der Waals surface area contributed by atoms with Crippen LogP contribution in [0.1, 0.15) is 0 Å². The molecule has 0 saturated heterocycles. The van der Waals surface area contributed by atoms with Crippen LogP contribution in [0.4, 0.5) is 34.5 Å². The van der Waals surface area contributed by atoms with E-state index < -0.39 is 20.7 Å². The smallest absolute Gasteiger partial charge is 0.506 e. The zero-order valence-corrected chi connectivity index (χ0v) is 29.4. The summed E-state index contributed by atoms with van der Waals surface area (Å²) in [6.45, 7) is 0. The number of hydrogen-bond donors (Lipinski definition) is 6. The molecule has 0 aliphatic heterocycles. The van der Waals surface area contributed by atoms with E-state index in [0.717, 1.165) is 30.2 Å². The van der Waals surface area contributed by atoms with E-state index in [1.165, 1.54) is 18.3 Å². The molecule has 6 aromatic rings. The summed E-state index contributed by atoms with van der Waals surface area (Å²) in [6, 6.07) is 4.66. The summed E-state index contributed by atoms with van der Waals surface area (Å²) in [6.07, 6.45) is 4.25. The van der Waals surface area contributed by atoms with Crippen molar-refractivity contribution in [3.05, 3.63) is 79.3 Å². The van der Waals surface area contributed by atoms with Crippen LogP contribution >= 0.6 is 0 Å². The number of nitrogen functional groups attached to an aromatic ring is 2. The number of ether oxygens (including phenoxy) is 1. The second-order valence-electron chi connectivity index (χ2n) is 9.78. The van der Waals surface area contributed by atoms with Crippen LogP contribution in [0, 0.1) is 30.3 Å². The van der Waals surface area contributed by atoms with Crippen LogP contribution in [0.2, 0.25) is 0 Å². The van der Waals surface area contributed by atoms with E-state index in [1.807, 2.05) is 39.2 Å². The van der Waals surface area contributed by atoms with Crippen molar-refractivity contribution in [2.45, 2.75) is 0 Å². The fourth-order valence-electron chi connectivity index (χ4n) is 3.75. The molecular weight excluding hydrogens is 675 g/mol. The van der Waals surface area contributed by atoms with Crippen molar-refractivity contribution in [2.75, 3.05) is 56.6 Å². The normalized spacial score (nSPS) is 10.4. The largest absolute Gasteiger partial charge is 1.00 e. The van der Waals surface area contributed by atoms with Gasteiger partial charge in [0.05, 0.1) is 45.0 Å². The molecule has 0 radical (unpaired) electrons. The Morgan fingerprint density at radius 2 is 1.26 bits per heavy atom. The Bertz CT molecular complexity index is 2130. The summed E-state index contributed by atoms with van der Waals surface area (Å²) in [5.41, 5.74) is 13.3. The van der Waals surface area contributed by atoms with E-state index in [0.29, 0.717) is 39.8 Å². The number of rotatable bonds is 6. The van der Waals surface area contributed by atoms with Crippen molar-refractivity contribution >= 4 is 67.6 Å². The average molecular weight is 706 g/mol. The first-order valence-corrected chi connectivity index (χ1v) is 13.4. The first kappa shape index (κ1) is 39.8. The van der Waals surface area contributed by atoms with Crippen LogP contribution in [-0.2, 0) is 4.74 Å². The molecule has 25 heteroatoms. The maximum absolute atomic E-state index is 10.6. The van der Waals surface area contributed by atoms with Crippen molar-refractivity contribution in [3.8, 4) is 0 Å². The number of anilines is 4. The third kappa shape index (κ3) is 9.81. The van der Waals surface area contributed by atoms with Crippen molar-refractivity contribution in [3.63, 3.8) is 0 Å². The van der Waals surface area contributed by atoms with Gasteiger partial charge in [-0.1, -0.05) is 0 Å². The van der Waals surface area contributed by atoms with Crippen molar-refractivity contribution < 1.29 is 54.2 Å². The van der Waals surface area contributed by atoms with Gasteiger partial charge in [-0.25, -0.2) is 15.0 Å². The van der Waals surface area contributed by atoms with Crippen LogP contribution in [0.3, 0.4) is 0 Å². The van der Waals surface area contributed by atoms with Gasteiger partial charge in [0.25, 0.3) is 11.4 Å². The molecule has 6 rings (SSSR count). The van der Waals surface area contributed by atoms with Gasteiger partial charge in [0.1, 0.15) is 23.1 Å². The summed E-state index contributed by atoms with van der Waals surface area (Å²) in [7, 11) is 8.59. The van der Waals surface area contributed by atoms with Gasteiger partial charge in [-0.3, -0.25) is 45.6 Å². The molecule has 0 fully saturated rings. The maximum Gasteiger partial charge on any atom is 1.00 e. The number of methoxy groups -OCH3 is 1. The number of aliphatic hydroxyl groups is 1.